The summed E-state index contributed by atoms with van der Waals surface area (Å²) in [6.45, 7) is 8.23. The number of amides is 1. The second-order valence-corrected chi connectivity index (χ2v) is 15.6. The number of allylic oxidation sites excluding steroid dienone is 2. The number of carbonyl (C=O) groups excluding carboxylic acids is 4. The Kier molecular flexibility index (Phi) is 24.1. The van der Waals surface area contributed by atoms with Gasteiger partial charge in [0.25, 0.3) is 0 Å². The summed E-state index contributed by atoms with van der Waals surface area (Å²) in [7, 11) is 1.62. The molecule has 0 atom stereocenters. The van der Waals surface area contributed by atoms with Gasteiger partial charge in [-0.1, -0.05) is 76.3 Å². The fourth-order valence-electron chi connectivity index (χ4n) is 5.98. The van der Waals surface area contributed by atoms with Gasteiger partial charge in [-0.15, -0.1) is 0 Å². The highest BCUT2D eigenvalue weighted by Crippen LogP contribution is 2.25. The predicted molar refractivity (Wildman–Crippen MR) is 224 cm³/mol. The number of methoxy groups -OCH3 is 1. The summed E-state index contributed by atoms with van der Waals surface area (Å²) < 4.78 is 32.4. The molecular weight excluding hydrogens is 759 g/mol. The van der Waals surface area contributed by atoms with Crippen molar-refractivity contribution in [3.8, 4) is 17.2 Å². The second-order valence-electron chi connectivity index (χ2n) is 15.6. The number of ether oxygens (including phenoxy) is 6. The summed E-state index contributed by atoms with van der Waals surface area (Å²) in [6.07, 6.45) is 14.7. The third kappa shape index (κ3) is 24.5. The van der Waals surface area contributed by atoms with Crippen LogP contribution in [0.25, 0.3) is 0 Å². The first-order valence-electron chi connectivity index (χ1n) is 20.9. The van der Waals surface area contributed by atoms with Gasteiger partial charge in [0.05, 0.1) is 13.5 Å². The van der Waals surface area contributed by atoms with Crippen LogP contribution in [0.15, 0.2) is 54.3 Å². The van der Waals surface area contributed by atoms with E-state index < -0.39 is 30.1 Å². The molecule has 0 aromatic heterocycles. The lowest BCUT2D eigenvalue weighted by molar-refractivity contribution is -0.157. The Morgan fingerprint density at radius 3 is 1.69 bits per heavy atom. The lowest BCUT2D eigenvalue weighted by Crippen LogP contribution is -2.32. The van der Waals surface area contributed by atoms with Crippen LogP contribution < -0.4 is 14.2 Å². The minimum Gasteiger partial charge on any atom is -0.497 e. The topological polar surface area (TPSA) is 164 Å². The Morgan fingerprint density at radius 1 is 0.661 bits per heavy atom. The second kappa shape index (κ2) is 28.4. The number of carboxylic acid groups (broad SMARTS) is 1. The number of esters is 3. The van der Waals surface area contributed by atoms with Crippen LogP contribution >= 0.6 is 0 Å². The third-order valence-electron chi connectivity index (χ3n) is 9.16. The first kappa shape index (κ1) is 50.1. The molecule has 0 aliphatic carbocycles. The van der Waals surface area contributed by atoms with Gasteiger partial charge in [-0.05, 0) is 88.9 Å². The van der Waals surface area contributed by atoms with Gasteiger partial charge in [0.15, 0.2) is 13.2 Å². The number of aliphatic carboxylic acids is 1. The predicted octanol–water partition coefficient (Wildman–Crippen LogP) is 9.27. The van der Waals surface area contributed by atoms with Crippen LogP contribution in [-0.2, 0) is 51.3 Å². The smallest absolute Gasteiger partial charge is 0.349 e. The number of rotatable bonds is 30. The molecule has 0 spiro atoms. The molecule has 0 heterocycles. The van der Waals surface area contributed by atoms with Crippen LogP contribution in [0.5, 0.6) is 17.2 Å². The van der Waals surface area contributed by atoms with Gasteiger partial charge < -0.3 is 38.4 Å². The molecule has 0 aliphatic rings. The van der Waals surface area contributed by atoms with Crippen molar-refractivity contribution in [1.29, 1.82) is 0 Å². The maximum atomic E-state index is 13.4. The molecule has 2 aromatic carbocycles. The molecule has 2 aromatic rings. The number of carbonyl (C=O) groups is 5. The highest BCUT2D eigenvalue weighted by atomic mass is 16.6. The third-order valence-corrected chi connectivity index (χ3v) is 9.16. The van der Waals surface area contributed by atoms with Gasteiger partial charge in [0.1, 0.15) is 35.2 Å². The first-order valence-corrected chi connectivity index (χ1v) is 20.9. The van der Waals surface area contributed by atoms with Crippen molar-refractivity contribution in [1.82, 2.24) is 4.90 Å². The Morgan fingerprint density at radius 2 is 1.19 bits per heavy atom. The number of unbranched alkanes of at least 4 members (excludes halogenated alkanes) is 11. The van der Waals surface area contributed by atoms with Gasteiger partial charge >= 0.3 is 23.9 Å². The average Bonchev–Trinajstić information content (AvgIpc) is 3.19. The summed E-state index contributed by atoms with van der Waals surface area (Å²) in [5, 5.41) is 9.39. The summed E-state index contributed by atoms with van der Waals surface area (Å²) >= 11 is 0. The SMILES string of the molecule is C/C=C(/C)OC(=O)COc1cc(CN(CCC(=O)O)C(=O)CCCCCCCCCCCCCCC(=O)OCc2ccc(OC)cc2)cc(OCC(=O)OC(C)(C)C)c1. The molecular formula is C46H67NO12. The van der Waals surface area contributed by atoms with E-state index in [9.17, 15) is 29.1 Å². The number of nitrogens with zero attached hydrogens (tertiary/aromatic N) is 1. The van der Waals surface area contributed by atoms with E-state index in [1.807, 2.05) is 24.3 Å². The monoisotopic (exact) mass is 825 g/mol. The van der Waals surface area contributed by atoms with Crippen LogP contribution in [0.3, 0.4) is 0 Å². The molecule has 0 saturated heterocycles. The summed E-state index contributed by atoms with van der Waals surface area (Å²) in [5.74, 6) is -0.823. The maximum absolute atomic E-state index is 13.4. The van der Waals surface area contributed by atoms with Crippen LogP contribution in [0.1, 0.15) is 142 Å². The molecule has 0 unspecified atom stereocenters. The first-order chi connectivity index (χ1) is 28.2. The van der Waals surface area contributed by atoms with Crippen molar-refractivity contribution < 1.29 is 57.5 Å². The molecule has 59 heavy (non-hydrogen) atoms. The standard InChI is InChI=1S/C46H67NO12/c1-7-35(2)58-44(52)33-55-39-28-37(29-40(30-39)56-34-45(53)59-46(3,4)5)31-47(27-26-42(49)50)41(48)20-18-16-14-12-10-8-9-11-13-15-17-19-21-43(51)57-32-36-22-24-38(54-6)25-23-36/h7,22-25,28-30H,8-21,26-27,31-34H2,1-6H3,(H,49,50)/b35-7-. The zero-order valence-electron chi connectivity index (χ0n) is 36.1. The fourth-order valence-corrected chi connectivity index (χ4v) is 5.98. The van der Waals surface area contributed by atoms with Crippen LogP contribution in [0.2, 0.25) is 0 Å². The number of hydrogen-bond donors (Lipinski definition) is 1. The molecule has 0 bridgehead atoms. The fraction of sp³-hybridized carbons (Fsp3) is 0.587. The Hall–Kier alpha value is -5.07. The van der Waals surface area contributed by atoms with Gasteiger partial charge in [-0.2, -0.15) is 0 Å². The van der Waals surface area contributed by atoms with E-state index in [4.69, 9.17) is 28.4 Å². The highest BCUT2D eigenvalue weighted by molar-refractivity contribution is 5.77. The van der Waals surface area contributed by atoms with E-state index in [2.05, 4.69) is 0 Å². The number of benzene rings is 2. The van der Waals surface area contributed by atoms with E-state index in [0.717, 1.165) is 62.7 Å². The van der Waals surface area contributed by atoms with Crippen molar-refractivity contribution in [2.75, 3.05) is 26.9 Å². The Labute approximate surface area is 350 Å². The molecule has 0 saturated carbocycles. The molecule has 0 aliphatic heterocycles. The zero-order chi connectivity index (χ0) is 43.5. The van der Waals surface area contributed by atoms with Crippen molar-refractivity contribution in [3.05, 3.63) is 65.4 Å². The van der Waals surface area contributed by atoms with Crippen LogP contribution in [0, 0.1) is 0 Å². The van der Waals surface area contributed by atoms with Gasteiger partial charge in [-0.3, -0.25) is 14.4 Å². The molecule has 2 rings (SSSR count). The highest BCUT2D eigenvalue weighted by Gasteiger charge is 2.19. The molecule has 1 N–H and O–H groups in total. The molecule has 328 valence electrons. The zero-order valence-corrected chi connectivity index (χ0v) is 36.1. The van der Waals surface area contributed by atoms with E-state index in [-0.39, 0.29) is 62.5 Å². The van der Waals surface area contributed by atoms with Gasteiger partial charge in [-0.25, -0.2) is 9.59 Å². The quantitative estimate of drug-likeness (QED) is 0.0344. The molecule has 13 heteroatoms. The lowest BCUT2D eigenvalue weighted by Gasteiger charge is -2.23. The minimum absolute atomic E-state index is 0.0141. The summed E-state index contributed by atoms with van der Waals surface area (Å²) in [5.41, 5.74) is 0.810. The van der Waals surface area contributed by atoms with Crippen LogP contribution in [-0.4, -0.2) is 72.3 Å². The Balaban J connectivity index is 1.74. The van der Waals surface area contributed by atoms with Gasteiger partial charge in [0, 0.05) is 32.0 Å². The average molecular weight is 826 g/mol. The number of hydrogen-bond acceptors (Lipinski definition) is 11. The van der Waals surface area contributed by atoms with Crippen LogP contribution in [0.4, 0.5) is 0 Å². The molecule has 13 nitrogen and oxygen atoms in total. The van der Waals surface area contributed by atoms with Crippen molar-refractivity contribution in [3.63, 3.8) is 0 Å². The van der Waals surface area contributed by atoms with E-state index >= 15 is 0 Å². The minimum atomic E-state index is -1.02. The molecule has 0 fully saturated rings. The number of carboxylic acids is 1. The summed E-state index contributed by atoms with van der Waals surface area (Å²) in [4.78, 5) is 63.0. The van der Waals surface area contributed by atoms with E-state index in [1.165, 1.54) is 30.2 Å². The maximum Gasteiger partial charge on any atom is 0.349 e. The van der Waals surface area contributed by atoms with E-state index in [1.54, 1.807) is 59.9 Å². The van der Waals surface area contributed by atoms with Crippen molar-refractivity contribution in [2.24, 2.45) is 0 Å². The van der Waals surface area contributed by atoms with Crippen molar-refractivity contribution in [2.45, 2.75) is 150 Å². The Bertz CT molecular complexity index is 1610. The van der Waals surface area contributed by atoms with E-state index in [0.29, 0.717) is 24.2 Å². The molecule has 1 amide bonds. The summed E-state index contributed by atoms with van der Waals surface area (Å²) in [6, 6.07) is 12.3. The van der Waals surface area contributed by atoms with Crippen molar-refractivity contribution >= 4 is 29.8 Å². The lowest BCUT2D eigenvalue weighted by atomic mass is 10.0. The molecule has 0 radical (unpaired) electrons. The largest absolute Gasteiger partial charge is 0.497 e. The normalized spacial score (nSPS) is 11.4. The van der Waals surface area contributed by atoms with Gasteiger partial charge in [0.2, 0.25) is 5.91 Å².